The summed E-state index contributed by atoms with van der Waals surface area (Å²) in [5.74, 6) is 0. The van der Waals surface area contributed by atoms with Crippen LogP contribution < -0.4 is 5.73 Å². The van der Waals surface area contributed by atoms with Crippen LogP contribution in [0, 0.1) is 0 Å². The molecule has 0 aromatic rings. The van der Waals surface area contributed by atoms with E-state index in [0.717, 1.165) is 12.8 Å². The minimum atomic E-state index is -0.824. The third-order valence-electron chi connectivity index (χ3n) is 2.26. The van der Waals surface area contributed by atoms with Gasteiger partial charge in [-0.3, -0.25) is 0 Å². The van der Waals surface area contributed by atoms with E-state index in [1.165, 1.54) is 0 Å². The van der Waals surface area contributed by atoms with Gasteiger partial charge in [-0.15, -0.1) is 12.4 Å². The van der Waals surface area contributed by atoms with E-state index in [1.54, 1.807) is 0 Å². The topological polar surface area (TPSA) is 66.5 Å². The second-order valence-corrected chi connectivity index (χ2v) is 3.22. The molecule has 0 unspecified atom stereocenters. The molecule has 11 heavy (non-hydrogen) atoms. The molecule has 68 valence electrons. The molecule has 1 rings (SSSR count). The third-order valence-corrected chi connectivity index (χ3v) is 2.26. The summed E-state index contributed by atoms with van der Waals surface area (Å²) in [6.07, 6.45) is 2.95. The highest BCUT2D eigenvalue weighted by atomic mass is 35.5. The van der Waals surface area contributed by atoms with Gasteiger partial charge in [-0.25, -0.2) is 0 Å². The van der Waals surface area contributed by atoms with E-state index < -0.39 is 5.60 Å². The van der Waals surface area contributed by atoms with Crippen molar-refractivity contribution >= 4 is 12.4 Å². The zero-order valence-corrected chi connectivity index (χ0v) is 7.31. The van der Waals surface area contributed by atoms with Crippen LogP contribution >= 0.6 is 12.4 Å². The largest absolute Gasteiger partial charge is 0.393 e. The summed E-state index contributed by atoms with van der Waals surface area (Å²) >= 11 is 0. The van der Waals surface area contributed by atoms with Crippen LogP contribution in [-0.4, -0.2) is 28.5 Å². The summed E-state index contributed by atoms with van der Waals surface area (Å²) in [4.78, 5) is 0. The van der Waals surface area contributed by atoms with Gasteiger partial charge in [0.25, 0.3) is 0 Å². The highest BCUT2D eigenvalue weighted by molar-refractivity contribution is 5.85. The molecule has 0 bridgehead atoms. The van der Waals surface area contributed by atoms with Crippen LogP contribution in [0.2, 0.25) is 0 Å². The highest BCUT2D eigenvalue weighted by Crippen LogP contribution is 2.26. The predicted octanol–water partition coefficient (Wildman–Crippen LogP) is 0.0329. The van der Waals surface area contributed by atoms with Crippen molar-refractivity contribution in [1.82, 2.24) is 0 Å². The summed E-state index contributed by atoms with van der Waals surface area (Å²) in [5, 5.41) is 18.2. The van der Waals surface area contributed by atoms with Crippen molar-refractivity contribution in [3.05, 3.63) is 0 Å². The van der Waals surface area contributed by atoms with E-state index in [-0.39, 0.29) is 25.1 Å². The molecule has 0 radical (unpaired) electrons. The Morgan fingerprint density at radius 3 is 2.18 bits per heavy atom. The Kier molecular flexibility index (Phi) is 4.32. The van der Waals surface area contributed by atoms with Crippen molar-refractivity contribution in [2.24, 2.45) is 5.73 Å². The molecule has 1 aliphatic rings. The fourth-order valence-corrected chi connectivity index (χ4v) is 1.34. The van der Waals surface area contributed by atoms with Crippen LogP contribution in [0.3, 0.4) is 0 Å². The van der Waals surface area contributed by atoms with Gasteiger partial charge in [0, 0.05) is 6.04 Å². The minimum Gasteiger partial charge on any atom is -0.393 e. The van der Waals surface area contributed by atoms with Crippen molar-refractivity contribution in [3.63, 3.8) is 0 Å². The maximum absolute atomic E-state index is 9.49. The summed E-state index contributed by atoms with van der Waals surface area (Å²) < 4.78 is 0. The smallest absolute Gasteiger partial charge is 0.0878 e. The molecule has 0 atom stereocenters. The lowest BCUT2D eigenvalue weighted by Crippen LogP contribution is -2.41. The van der Waals surface area contributed by atoms with Gasteiger partial charge in [0.05, 0.1) is 12.2 Å². The molecule has 1 fully saturated rings. The maximum atomic E-state index is 9.49. The van der Waals surface area contributed by atoms with E-state index in [4.69, 9.17) is 10.8 Å². The second kappa shape index (κ2) is 4.26. The van der Waals surface area contributed by atoms with Crippen LogP contribution in [0.1, 0.15) is 25.7 Å². The molecule has 0 amide bonds. The van der Waals surface area contributed by atoms with Crippen LogP contribution in [0.5, 0.6) is 0 Å². The number of hydrogen-bond acceptors (Lipinski definition) is 3. The highest BCUT2D eigenvalue weighted by Gasteiger charge is 2.30. The molecule has 1 aliphatic carbocycles. The second-order valence-electron chi connectivity index (χ2n) is 3.22. The first kappa shape index (κ1) is 11.2. The lowest BCUT2D eigenvalue weighted by Gasteiger charge is -2.32. The number of aliphatic hydroxyl groups excluding tert-OH is 1. The Hall–Kier alpha value is 0.170. The lowest BCUT2D eigenvalue weighted by molar-refractivity contribution is -0.0450. The first-order valence-electron chi connectivity index (χ1n) is 3.75. The van der Waals surface area contributed by atoms with Crippen LogP contribution in [0.15, 0.2) is 0 Å². The summed E-state index contributed by atoms with van der Waals surface area (Å²) in [5.41, 5.74) is 4.79. The van der Waals surface area contributed by atoms with Crippen molar-refractivity contribution in [3.8, 4) is 0 Å². The molecular formula is C7H16ClNO2. The van der Waals surface area contributed by atoms with E-state index in [9.17, 15) is 5.11 Å². The van der Waals surface area contributed by atoms with E-state index in [1.807, 2.05) is 0 Å². The fourth-order valence-electron chi connectivity index (χ4n) is 1.34. The average molecular weight is 182 g/mol. The van der Waals surface area contributed by atoms with Gasteiger partial charge in [-0.1, -0.05) is 0 Å². The monoisotopic (exact) mass is 181 g/mol. The quantitative estimate of drug-likeness (QED) is 0.535. The summed E-state index contributed by atoms with van der Waals surface area (Å²) in [6.45, 7) is -0.125. The molecule has 4 N–H and O–H groups in total. The number of aliphatic hydroxyl groups is 2. The first-order valence-corrected chi connectivity index (χ1v) is 3.75. The standard InChI is InChI=1S/C7H15NO2.ClH/c8-6-1-3-7(10,5-9)4-2-6;/h6,9-10H,1-5,8H2;1H/t6-,7+;. The number of hydrogen-bond donors (Lipinski definition) is 3. The van der Waals surface area contributed by atoms with E-state index in [2.05, 4.69) is 0 Å². The van der Waals surface area contributed by atoms with E-state index >= 15 is 0 Å². The Bertz CT molecular complexity index is 113. The van der Waals surface area contributed by atoms with Crippen molar-refractivity contribution in [2.75, 3.05) is 6.61 Å². The van der Waals surface area contributed by atoms with Gasteiger partial charge in [0.1, 0.15) is 0 Å². The summed E-state index contributed by atoms with van der Waals surface area (Å²) in [7, 11) is 0. The van der Waals surface area contributed by atoms with Crippen LogP contribution in [0.4, 0.5) is 0 Å². The molecule has 0 aromatic heterocycles. The Morgan fingerprint density at radius 1 is 1.36 bits per heavy atom. The van der Waals surface area contributed by atoms with Gasteiger partial charge in [0.15, 0.2) is 0 Å². The van der Waals surface area contributed by atoms with Crippen molar-refractivity contribution in [1.29, 1.82) is 0 Å². The van der Waals surface area contributed by atoms with Gasteiger partial charge >= 0.3 is 0 Å². The van der Waals surface area contributed by atoms with E-state index in [0.29, 0.717) is 12.8 Å². The van der Waals surface area contributed by atoms with Gasteiger partial charge < -0.3 is 15.9 Å². The van der Waals surface area contributed by atoms with Gasteiger partial charge in [-0.2, -0.15) is 0 Å². The predicted molar refractivity (Wildman–Crippen MR) is 45.7 cm³/mol. The molecule has 0 spiro atoms. The van der Waals surface area contributed by atoms with Crippen molar-refractivity contribution in [2.45, 2.75) is 37.3 Å². The Labute approximate surface area is 73.0 Å². The number of halogens is 1. The Balaban J connectivity index is 0.000001000. The normalized spacial score (nSPS) is 37.9. The van der Waals surface area contributed by atoms with Crippen molar-refractivity contribution < 1.29 is 10.2 Å². The maximum Gasteiger partial charge on any atom is 0.0878 e. The molecule has 0 saturated heterocycles. The summed E-state index contributed by atoms with van der Waals surface area (Å²) in [6, 6.07) is 0.229. The molecule has 4 heteroatoms. The molecular weight excluding hydrogens is 166 g/mol. The zero-order chi connectivity index (χ0) is 7.61. The third kappa shape index (κ3) is 2.95. The minimum absolute atomic E-state index is 0. The number of nitrogens with two attached hydrogens (primary N) is 1. The molecule has 0 aliphatic heterocycles. The van der Waals surface area contributed by atoms with Gasteiger partial charge in [-0.05, 0) is 25.7 Å². The zero-order valence-electron chi connectivity index (χ0n) is 6.49. The van der Waals surface area contributed by atoms with Crippen LogP contribution in [0.25, 0.3) is 0 Å². The number of rotatable bonds is 1. The lowest BCUT2D eigenvalue weighted by atomic mass is 9.83. The molecule has 1 saturated carbocycles. The van der Waals surface area contributed by atoms with Gasteiger partial charge in [0.2, 0.25) is 0 Å². The molecule has 0 heterocycles. The van der Waals surface area contributed by atoms with Crippen LogP contribution in [-0.2, 0) is 0 Å². The Morgan fingerprint density at radius 2 is 1.82 bits per heavy atom. The molecule has 3 nitrogen and oxygen atoms in total. The molecule has 0 aromatic carbocycles. The first-order chi connectivity index (χ1) is 4.66. The fraction of sp³-hybridized carbons (Fsp3) is 1.00. The average Bonchev–Trinajstić information content (AvgIpc) is 1.96. The SMILES string of the molecule is Cl.N[C@H]1CC[C@](O)(CO)CC1.